The standard InChI is InChI=1S/C21H24Cl2N2O5/c22-14-9-13(10-15(23)11-14)18(27)24-16(12-17(26)20(29)30)19(28)25-7-5-21(6-8-25)3-1-2-4-21/h9-11,16H,1-8,12H2,(H,24,27)(H,29,30). The highest BCUT2D eigenvalue weighted by atomic mass is 35.5. The summed E-state index contributed by atoms with van der Waals surface area (Å²) in [5.74, 6) is -3.88. The predicted molar refractivity (Wildman–Crippen MR) is 112 cm³/mol. The van der Waals surface area contributed by atoms with Crippen LogP contribution in [-0.2, 0) is 14.4 Å². The molecule has 2 N–H and O–H groups in total. The van der Waals surface area contributed by atoms with Gasteiger partial charge in [-0.1, -0.05) is 36.0 Å². The number of carboxylic acids is 1. The van der Waals surface area contributed by atoms with Crippen LogP contribution < -0.4 is 5.32 Å². The van der Waals surface area contributed by atoms with Crippen LogP contribution in [0.25, 0.3) is 0 Å². The van der Waals surface area contributed by atoms with Gasteiger partial charge in [0, 0.05) is 35.1 Å². The number of carbonyl (C=O) groups is 4. The fourth-order valence-corrected chi connectivity index (χ4v) is 4.97. The van der Waals surface area contributed by atoms with Crippen LogP contribution in [0.15, 0.2) is 18.2 Å². The van der Waals surface area contributed by atoms with Gasteiger partial charge in [0.2, 0.25) is 11.7 Å². The molecule has 3 rings (SSSR count). The Morgan fingerprint density at radius 2 is 1.57 bits per heavy atom. The van der Waals surface area contributed by atoms with Crippen molar-refractivity contribution in [2.24, 2.45) is 5.41 Å². The summed E-state index contributed by atoms with van der Waals surface area (Å²) >= 11 is 11.9. The van der Waals surface area contributed by atoms with Crippen molar-refractivity contribution < 1.29 is 24.3 Å². The van der Waals surface area contributed by atoms with Crippen LogP contribution in [0, 0.1) is 5.41 Å². The molecule has 2 amide bonds. The number of halogens is 2. The van der Waals surface area contributed by atoms with Crippen molar-refractivity contribution in [1.29, 1.82) is 0 Å². The lowest BCUT2D eigenvalue weighted by atomic mass is 9.77. The van der Waals surface area contributed by atoms with E-state index in [0.717, 1.165) is 12.8 Å². The maximum absolute atomic E-state index is 13.1. The van der Waals surface area contributed by atoms with Crippen LogP contribution in [0.2, 0.25) is 10.0 Å². The number of aliphatic carboxylic acids is 1. The summed E-state index contributed by atoms with van der Waals surface area (Å²) in [5, 5.41) is 12.0. The monoisotopic (exact) mass is 454 g/mol. The van der Waals surface area contributed by atoms with Crippen LogP contribution in [0.3, 0.4) is 0 Å². The number of carbonyl (C=O) groups excluding carboxylic acids is 3. The molecule has 30 heavy (non-hydrogen) atoms. The topological polar surface area (TPSA) is 104 Å². The highest BCUT2D eigenvalue weighted by Crippen LogP contribution is 2.46. The van der Waals surface area contributed by atoms with Crippen LogP contribution in [0.1, 0.15) is 55.3 Å². The Bertz CT molecular complexity index is 837. The smallest absolute Gasteiger partial charge is 0.372 e. The van der Waals surface area contributed by atoms with E-state index in [0.29, 0.717) is 18.5 Å². The normalized spacial score (nSPS) is 18.8. The van der Waals surface area contributed by atoms with Crippen molar-refractivity contribution in [2.75, 3.05) is 13.1 Å². The first-order chi connectivity index (χ1) is 14.2. The Morgan fingerprint density at radius 1 is 1.00 bits per heavy atom. The minimum atomic E-state index is -1.64. The molecule has 1 unspecified atom stereocenters. The van der Waals surface area contributed by atoms with Gasteiger partial charge in [0.15, 0.2) is 0 Å². The molecule has 2 aliphatic rings. The van der Waals surface area contributed by atoms with Crippen molar-refractivity contribution >= 4 is 46.8 Å². The number of amides is 2. The quantitative estimate of drug-likeness (QED) is 0.641. The SMILES string of the molecule is O=C(O)C(=O)CC(NC(=O)c1cc(Cl)cc(Cl)c1)C(=O)N1CCC2(CCCC2)CC1. The number of Topliss-reactive ketones (excluding diaryl/α,β-unsaturated/α-hetero) is 1. The third-order valence-electron chi connectivity index (χ3n) is 6.16. The first kappa shape index (κ1) is 22.6. The molecule has 1 aromatic carbocycles. The van der Waals surface area contributed by atoms with Gasteiger partial charge < -0.3 is 15.3 Å². The van der Waals surface area contributed by atoms with E-state index in [1.165, 1.54) is 43.9 Å². The molecule has 0 bridgehead atoms. The van der Waals surface area contributed by atoms with Crippen molar-refractivity contribution in [1.82, 2.24) is 10.2 Å². The number of ketones is 1. The minimum Gasteiger partial charge on any atom is -0.475 e. The maximum Gasteiger partial charge on any atom is 0.372 e. The minimum absolute atomic E-state index is 0.122. The second-order valence-electron chi connectivity index (χ2n) is 8.15. The number of nitrogens with zero attached hydrogens (tertiary/aromatic N) is 1. The van der Waals surface area contributed by atoms with Gasteiger partial charge >= 0.3 is 5.97 Å². The summed E-state index contributed by atoms with van der Waals surface area (Å²) in [6, 6.07) is 2.96. The summed E-state index contributed by atoms with van der Waals surface area (Å²) in [5.41, 5.74) is 0.417. The molecular formula is C21H24Cl2N2O5. The zero-order valence-corrected chi connectivity index (χ0v) is 18.0. The van der Waals surface area contributed by atoms with E-state index < -0.39 is 36.0 Å². The number of hydrogen-bond acceptors (Lipinski definition) is 4. The summed E-state index contributed by atoms with van der Waals surface area (Å²) in [7, 11) is 0. The van der Waals surface area contributed by atoms with Crippen molar-refractivity contribution in [3.8, 4) is 0 Å². The first-order valence-electron chi connectivity index (χ1n) is 10.0. The lowest BCUT2D eigenvalue weighted by molar-refractivity contribution is -0.150. The maximum atomic E-state index is 13.1. The number of carboxylic acid groups (broad SMARTS) is 1. The second-order valence-corrected chi connectivity index (χ2v) is 9.02. The zero-order chi connectivity index (χ0) is 21.9. The van der Waals surface area contributed by atoms with E-state index in [4.69, 9.17) is 28.3 Å². The Balaban J connectivity index is 1.73. The van der Waals surface area contributed by atoms with Gasteiger partial charge in [-0.25, -0.2) is 4.79 Å². The Kier molecular flexibility index (Phi) is 7.03. The molecule has 1 aromatic rings. The van der Waals surface area contributed by atoms with Crippen LogP contribution in [-0.4, -0.2) is 52.7 Å². The number of likely N-dealkylation sites (tertiary alicyclic amines) is 1. The van der Waals surface area contributed by atoms with Crippen LogP contribution in [0.5, 0.6) is 0 Å². The number of hydrogen-bond donors (Lipinski definition) is 2. The van der Waals surface area contributed by atoms with Gasteiger partial charge in [0.25, 0.3) is 5.91 Å². The molecule has 1 aliphatic carbocycles. The van der Waals surface area contributed by atoms with Crippen LogP contribution >= 0.6 is 23.2 Å². The average molecular weight is 455 g/mol. The van der Waals surface area contributed by atoms with E-state index in [-0.39, 0.29) is 15.6 Å². The number of piperidine rings is 1. The summed E-state index contributed by atoms with van der Waals surface area (Å²) in [4.78, 5) is 50.2. The molecule has 1 spiro atoms. The van der Waals surface area contributed by atoms with Gasteiger partial charge in [0.05, 0.1) is 0 Å². The highest BCUT2D eigenvalue weighted by Gasteiger charge is 2.40. The fraction of sp³-hybridized carbons (Fsp3) is 0.524. The average Bonchev–Trinajstić information content (AvgIpc) is 3.14. The lowest BCUT2D eigenvalue weighted by Gasteiger charge is -2.40. The molecule has 0 aromatic heterocycles. The van der Waals surface area contributed by atoms with Gasteiger partial charge in [-0.05, 0) is 49.3 Å². The summed E-state index contributed by atoms with van der Waals surface area (Å²) < 4.78 is 0. The molecule has 7 nitrogen and oxygen atoms in total. The Labute approximate surface area is 184 Å². The lowest BCUT2D eigenvalue weighted by Crippen LogP contribution is -2.53. The molecular weight excluding hydrogens is 431 g/mol. The van der Waals surface area contributed by atoms with Gasteiger partial charge in [-0.2, -0.15) is 0 Å². The molecule has 2 fully saturated rings. The second kappa shape index (κ2) is 9.35. The van der Waals surface area contributed by atoms with Crippen molar-refractivity contribution in [2.45, 2.75) is 51.0 Å². The third-order valence-corrected chi connectivity index (χ3v) is 6.59. The Morgan fingerprint density at radius 3 is 2.10 bits per heavy atom. The van der Waals surface area contributed by atoms with E-state index in [9.17, 15) is 19.2 Å². The number of benzene rings is 1. The molecule has 1 heterocycles. The van der Waals surface area contributed by atoms with E-state index in [1.54, 1.807) is 4.90 Å². The van der Waals surface area contributed by atoms with Gasteiger partial charge in [0.1, 0.15) is 6.04 Å². The number of rotatable bonds is 6. The molecule has 1 saturated carbocycles. The zero-order valence-electron chi connectivity index (χ0n) is 16.5. The van der Waals surface area contributed by atoms with Crippen molar-refractivity contribution in [3.63, 3.8) is 0 Å². The fourth-order valence-electron chi connectivity index (χ4n) is 4.45. The van der Waals surface area contributed by atoms with E-state index in [1.807, 2.05) is 0 Å². The molecule has 162 valence electrons. The molecule has 9 heteroatoms. The molecule has 1 saturated heterocycles. The summed E-state index contributed by atoms with van der Waals surface area (Å²) in [6.45, 7) is 1.07. The molecule has 1 aliphatic heterocycles. The van der Waals surface area contributed by atoms with Gasteiger partial charge in [-0.15, -0.1) is 0 Å². The third kappa shape index (κ3) is 5.32. The predicted octanol–water partition coefficient (Wildman–Crippen LogP) is 3.32. The van der Waals surface area contributed by atoms with Crippen molar-refractivity contribution in [3.05, 3.63) is 33.8 Å². The largest absolute Gasteiger partial charge is 0.475 e. The molecule has 0 radical (unpaired) electrons. The highest BCUT2D eigenvalue weighted by molar-refractivity contribution is 6.35. The number of nitrogens with one attached hydrogen (secondary N) is 1. The first-order valence-corrected chi connectivity index (χ1v) is 10.8. The van der Waals surface area contributed by atoms with E-state index in [2.05, 4.69) is 5.32 Å². The van der Waals surface area contributed by atoms with Crippen LogP contribution in [0.4, 0.5) is 0 Å². The Hall–Kier alpha value is -2.12. The van der Waals surface area contributed by atoms with E-state index >= 15 is 0 Å². The summed E-state index contributed by atoms with van der Waals surface area (Å²) in [6.07, 6.45) is 5.91. The molecule has 1 atom stereocenters. The van der Waals surface area contributed by atoms with Gasteiger partial charge in [-0.3, -0.25) is 14.4 Å².